The van der Waals surface area contributed by atoms with Crippen LogP contribution in [0.5, 0.6) is 11.5 Å². The molecule has 2 aliphatic heterocycles. The van der Waals surface area contributed by atoms with Crippen LogP contribution in [0.25, 0.3) is 21.9 Å². The first kappa shape index (κ1) is 28.5. The summed E-state index contributed by atoms with van der Waals surface area (Å²) >= 11 is 0. The topological polar surface area (TPSA) is 104 Å². The van der Waals surface area contributed by atoms with Gasteiger partial charge in [0.05, 0.1) is 18.3 Å². The molecule has 0 radical (unpaired) electrons. The predicted molar refractivity (Wildman–Crippen MR) is 152 cm³/mol. The number of H-pyrrole nitrogens is 1. The lowest BCUT2D eigenvalue weighted by Gasteiger charge is -2.38. The van der Waals surface area contributed by atoms with Crippen molar-refractivity contribution in [1.82, 2.24) is 24.2 Å². The van der Waals surface area contributed by atoms with Gasteiger partial charge in [-0.15, -0.1) is 13.2 Å². The van der Waals surface area contributed by atoms with E-state index in [1.165, 1.54) is 24.3 Å². The molecular formula is C28H31F3N6O4S. The molecule has 1 atom stereocenters. The Bertz CT molecular complexity index is 1640. The number of sulfonamides is 1. The molecule has 0 saturated carbocycles. The van der Waals surface area contributed by atoms with Crippen LogP contribution in [0.4, 0.5) is 18.9 Å². The van der Waals surface area contributed by atoms with Crippen molar-refractivity contribution >= 4 is 37.6 Å². The number of hydrogen-bond acceptors (Lipinski definition) is 8. The molecule has 2 saturated heterocycles. The maximum absolute atomic E-state index is 13.4. The highest BCUT2D eigenvalue weighted by Crippen LogP contribution is 2.32. The number of nitrogens with zero attached hydrogens (tertiary/aromatic N) is 5. The molecule has 10 nitrogen and oxygen atoms in total. The Balaban J connectivity index is 1.03. The standard InChI is InChI=1S/C28H31F3N6O4S/c29-28(30,31)41-22-5-3-21(4-6-22)40-18-20-2-1-11-37(17-20)42(38,39)19-35-12-14-36(15-13-35)25-8-10-32-24-16-34-27-23(26(24)25)7-9-33-27/h3-10,16,20H,1-2,11-15,17-19H2,(H,33,34). The van der Waals surface area contributed by atoms with Crippen molar-refractivity contribution in [1.29, 1.82) is 0 Å². The van der Waals surface area contributed by atoms with Gasteiger partial charge >= 0.3 is 6.36 Å². The number of benzene rings is 1. The zero-order valence-electron chi connectivity index (χ0n) is 22.8. The van der Waals surface area contributed by atoms with E-state index in [-0.39, 0.29) is 24.2 Å². The highest BCUT2D eigenvalue weighted by atomic mass is 32.2. The number of fused-ring (bicyclic) bond motifs is 3. The summed E-state index contributed by atoms with van der Waals surface area (Å²) in [5.74, 6) is 0.0158. The van der Waals surface area contributed by atoms with Crippen LogP contribution in [0.3, 0.4) is 0 Å². The van der Waals surface area contributed by atoms with Gasteiger partial charge in [-0.3, -0.25) is 9.88 Å². The van der Waals surface area contributed by atoms with E-state index in [1.54, 1.807) is 16.7 Å². The normalized spacial score (nSPS) is 19.4. The van der Waals surface area contributed by atoms with E-state index in [0.717, 1.165) is 40.5 Å². The quantitative estimate of drug-likeness (QED) is 0.319. The fourth-order valence-corrected chi connectivity index (χ4v) is 7.43. The van der Waals surface area contributed by atoms with Crippen molar-refractivity contribution in [3.8, 4) is 11.5 Å². The Morgan fingerprint density at radius 2 is 1.74 bits per heavy atom. The summed E-state index contributed by atoms with van der Waals surface area (Å²) in [7, 11) is -3.52. The van der Waals surface area contributed by atoms with E-state index in [9.17, 15) is 21.6 Å². The number of piperazine rings is 1. The number of ether oxygens (including phenoxy) is 2. The summed E-state index contributed by atoms with van der Waals surface area (Å²) in [6.45, 7) is 3.68. The number of alkyl halides is 3. The van der Waals surface area contributed by atoms with Crippen LogP contribution >= 0.6 is 0 Å². The highest BCUT2D eigenvalue weighted by Gasteiger charge is 2.33. The number of halogens is 3. The van der Waals surface area contributed by atoms with Crippen LogP contribution in [0.1, 0.15) is 12.8 Å². The summed E-state index contributed by atoms with van der Waals surface area (Å²) in [6, 6.07) is 9.20. The second-order valence-electron chi connectivity index (χ2n) is 10.6. The summed E-state index contributed by atoms with van der Waals surface area (Å²) in [6.07, 6.45) is 2.18. The lowest BCUT2D eigenvalue weighted by atomic mass is 10.0. The van der Waals surface area contributed by atoms with Crippen LogP contribution < -0.4 is 14.4 Å². The molecule has 4 aromatic rings. The SMILES string of the molecule is O=S(=O)(CN1CCN(c2ccnc3cnc4[nH]ccc4c23)CC1)N1CCCC(COc2ccc(OC(F)(F)F)cc2)C1. The molecule has 0 amide bonds. The molecule has 1 N–H and O–H groups in total. The van der Waals surface area contributed by atoms with E-state index in [1.807, 2.05) is 23.2 Å². The van der Waals surface area contributed by atoms with Crippen molar-refractivity contribution in [3.63, 3.8) is 0 Å². The van der Waals surface area contributed by atoms with Gasteiger partial charge in [-0.2, -0.15) is 0 Å². The van der Waals surface area contributed by atoms with E-state index in [0.29, 0.717) is 45.0 Å². The minimum Gasteiger partial charge on any atom is -0.493 e. The molecule has 2 aliphatic rings. The van der Waals surface area contributed by atoms with Gasteiger partial charge in [0, 0.05) is 74.0 Å². The van der Waals surface area contributed by atoms with Crippen LogP contribution in [-0.4, -0.2) is 90.7 Å². The Morgan fingerprint density at radius 3 is 2.50 bits per heavy atom. The minimum atomic E-state index is -4.75. The molecular weight excluding hydrogens is 573 g/mol. The van der Waals surface area contributed by atoms with Crippen molar-refractivity contribution in [2.24, 2.45) is 5.92 Å². The van der Waals surface area contributed by atoms with Gasteiger partial charge in [-0.1, -0.05) is 0 Å². The third kappa shape index (κ3) is 6.40. The number of hydrogen-bond donors (Lipinski definition) is 1. The number of aromatic nitrogens is 3. The summed E-state index contributed by atoms with van der Waals surface area (Å²) in [5.41, 5.74) is 2.69. The van der Waals surface area contributed by atoms with Gasteiger partial charge in [0.1, 0.15) is 23.0 Å². The molecule has 0 aliphatic carbocycles. The van der Waals surface area contributed by atoms with Crippen molar-refractivity contribution in [3.05, 3.63) is 55.0 Å². The molecule has 1 unspecified atom stereocenters. The molecule has 5 heterocycles. The first-order chi connectivity index (χ1) is 20.1. The Kier molecular flexibility index (Phi) is 7.85. The number of anilines is 1. The number of piperidine rings is 1. The lowest BCUT2D eigenvalue weighted by molar-refractivity contribution is -0.274. The van der Waals surface area contributed by atoms with Gasteiger partial charge in [-0.05, 0) is 49.2 Å². The molecule has 1 aromatic carbocycles. The fourth-order valence-electron chi connectivity index (χ4n) is 5.70. The number of rotatable bonds is 8. The van der Waals surface area contributed by atoms with Crippen molar-refractivity contribution < 1.29 is 31.1 Å². The minimum absolute atomic E-state index is 0.0174. The van der Waals surface area contributed by atoms with Gasteiger partial charge < -0.3 is 19.4 Å². The van der Waals surface area contributed by atoms with Gasteiger partial charge in [-0.25, -0.2) is 17.7 Å². The number of pyridine rings is 2. The van der Waals surface area contributed by atoms with Crippen molar-refractivity contribution in [2.75, 3.05) is 56.7 Å². The maximum atomic E-state index is 13.4. The zero-order valence-corrected chi connectivity index (χ0v) is 23.6. The van der Waals surface area contributed by atoms with E-state index in [2.05, 4.69) is 24.6 Å². The molecule has 14 heteroatoms. The Morgan fingerprint density at radius 1 is 0.976 bits per heavy atom. The monoisotopic (exact) mass is 604 g/mol. The van der Waals surface area contributed by atoms with Crippen LogP contribution in [0.2, 0.25) is 0 Å². The summed E-state index contributed by atoms with van der Waals surface area (Å²) in [5, 5.41) is 2.05. The number of aromatic amines is 1. The highest BCUT2D eigenvalue weighted by molar-refractivity contribution is 7.89. The van der Waals surface area contributed by atoms with Crippen LogP contribution in [-0.2, 0) is 10.0 Å². The first-order valence-corrected chi connectivity index (χ1v) is 15.4. The van der Waals surface area contributed by atoms with E-state index >= 15 is 0 Å². The van der Waals surface area contributed by atoms with Crippen LogP contribution in [0.15, 0.2) is 55.0 Å². The average Bonchev–Trinajstić information content (AvgIpc) is 3.46. The summed E-state index contributed by atoms with van der Waals surface area (Å²) < 4.78 is 75.1. The Labute approximate surface area is 241 Å². The van der Waals surface area contributed by atoms with E-state index < -0.39 is 16.4 Å². The molecule has 0 spiro atoms. The lowest BCUT2D eigenvalue weighted by Crippen LogP contribution is -2.51. The third-order valence-electron chi connectivity index (χ3n) is 7.75. The largest absolute Gasteiger partial charge is 0.573 e. The third-order valence-corrected chi connectivity index (χ3v) is 9.56. The molecule has 3 aromatic heterocycles. The second-order valence-corrected chi connectivity index (χ2v) is 12.6. The Hall–Kier alpha value is -3.62. The van der Waals surface area contributed by atoms with E-state index in [4.69, 9.17) is 4.74 Å². The van der Waals surface area contributed by atoms with Crippen molar-refractivity contribution in [2.45, 2.75) is 19.2 Å². The second kappa shape index (κ2) is 11.6. The summed E-state index contributed by atoms with van der Waals surface area (Å²) in [4.78, 5) is 16.3. The maximum Gasteiger partial charge on any atom is 0.573 e. The van der Waals surface area contributed by atoms with Gasteiger partial charge in [0.15, 0.2) is 0 Å². The molecule has 0 bridgehead atoms. The fraction of sp³-hybridized carbons (Fsp3) is 0.429. The first-order valence-electron chi connectivity index (χ1n) is 13.8. The molecule has 224 valence electrons. The van der Waals surface area contributed by atoms with Crippen LogP contribution in [0, 0.1) is 5.92 Å². The molecule has 42 heavy (non-hydrogen) atoms. The molecule has 6 rings (SSSR count). The van der Waals surface area contributed by atoms with Gasteiger partial charge in [0.25, 0.3) is 0 Å². The average molecular weight is 605 g/mol. The molecule has 2 fully saturated rings. The number of nitrogens with one attached hydrogen (secondary N) is 1. The predicted octanol–water partition coefficient (Wildman–Crippen LogP) is 4.21. The van der Waals surface area contributed by atoms with Gasteiger partial charge in [0.2, 0.25) is 10.0 Å². The smallest absolute Gasteiger partial charge is 0.493 e. The zero-order chi connectivity index (χ0) is 29.3.